The highest BCUT2D eigenvalue weighted by atomic mass is 19.1. The van der Waals surface area contributed by atoms with Crippen LogP contribution in [0.2, 0.25) is 0 Å². The molecule has 0 fully saturated rings. The maximum Gasteiger partial charge on any atom is 0.134 e. The second-order valence-electron chi connectivity index (χ2n) is 6.41. The van der Waals surface area contributed by atoms with Crippen molar-refractivity contribution in [3.8, 4) is 0 Å². The number of rotatable bonds is 7. The van der Waals surface area contributed by atoms with Gasteiger partial charge in [0.2, 0.25) is 0 Å². The molecule has 0 bridgehead atoms. The Kier molecular flexibility index (Phi) is 5.79. The van der Waals surface area contributed by atoms with Gasteiger partial charge >= 0.3 is 0 Å². The van der Waals surface area contributed by atoms with Crippen LogP contribution < -0.4 is 10.2 Å². The summed E-state index contributed by atoms with van der Waals surface area (Å²) in [6.45, 7) is 5.42. The number of halogens is 1. The van der Waals surface area contributed by atoms with E-state index in [9.17, 15) is 4.39 Å². The molecule has 0 unspecified atom stereocenters. The summed E-state index contributed by atoms with van der Waals surface area (Å²) in [5.41, 5.74) is 1.83. The van der Waals surface area contributed by atoms with E-state index in [-0.39, 0.29) is 11.9 Å². The van der Waals surface area contributed by atoms with Crippen molar-refractivity contribution in [1.29, 1.82) is 0 Å². The summed E-state index contributed by atoms with van der Waals surface area (Å²) in [4.78, 5) is 10.9. The third kappa shape index (κ3) is 4.57. The van der Waals surface area contributed by atoms with Gasteiger partial charge in [-0.2, -0.15) is 0 Å². The summed E-state index contributed by atoms with van der Waals surface area (Å²) in [6, 6.07) is 19.2. The summed E-state index contributed by atoms with van der Waals surface area (Å²) in [5, 5.41) is 3.18. The molecule has 3 aromatic rings. The Bertz CT molecular complexity index is 836. The molecule has 26 heavy (non-hydrogen) atoms. The number of benzene rings is 2. The second kappa shape index (κ2) is 8.43. The van der Waals surface area contributed by atoms with Gasteiger partial charge in [0.05, 0.1) is 0 Å². The lowest BCUT2D eigenvalue weighted by molar-refractivity contribution is 0.613. The molecule has 0 spiro atoms. The van der Waals surface area contributed by atoms with Crippen molar-refractivity contribution in [2.75, 3.05) is 10.2 Å². The molecule has 1 N–H and O–H groups in total. The molecular formula is C21H23FN4. The van der Waals surface area contributed by atoms with E-state index in [2.05, 4.69) is 46.2 Å². The number of hydrogen-bond acceptors (Lipinski definition) is 4. The van der Waals surface area contributed by atoms with Crippen LogP contribution in [0.3, 0.4) is 0 Å². The average molecular weight is 350 g/mol. The van der Waals surface area contributed by atoms with Gasteiger partial charge in [0, 0.05) is 30.8 Å². The third-order valence-electron chi connectivity index (χ3n) is 4.18. The highest BCUT2D eigenvalue weighted by Gasteiger charge is 2.13. The SMILES string of the molecule is CC(C)N(Cc1ccccc1)c1cc(NCc2ccccc2F)ncn1. The molecule has 0 amide bonds. The van der Waals surface area contributed by atoms with Crippen LogP contribution in [0.4, 0.5) is 16.0 Å². The smallest absolute Gasteiger partial charge is 0.134 e. The van der Waals surface area contributed by atoms with E-state index in [0.717, 1.165) is 12.4 Å². The van der Waals surface area contributed by atoms with Gasteiger partial charge < -0.3 is 10.2 Å². The molecule has 5 heteroatoms. The molecule has 0 aliphatic heterocycles. The van der Waals surface area contributed by atoms with Crippen LogP contribution >= 0.6 is 0 Å². The van der Waals surface area contributed by atoms with E-state index in [4.69, 9.17) is 0 Å². The van der Waals surface area contributed by atoms with Gasteiger partial charge in [0.15, 0.2) is 0 Å². The van der Waals surface area contributed by atoms with Crippen LogP contribution in [0.5, 0.6) is 0 Å². The minimum atomic E-state index is -0.220. The highest BCUT2D eigenvalue weighted by molar-refractivity contribution is 5.49. The molecule has 0 aliphatic rings. The van der Waals surface area contributed by atoms with Gasteiger partial charge in [0.1, 0.15) is 23.8 Å². The first-order valence-corrected chi connectivity index (χ1v) is 8.73. The van der Waals surface area contributed by atoms with Crippen molar-refractivity contribution in [3.63, 3.8) is 0 Å². The van der Waals surface area contributed by atoms with Gasteiger partial charge in [0.25, 0.3) is 0 Å². The Hall–Kier alpha value is -2.95. The summed E-state index contributed by atoms with van der Waals surface area (Å²) in [5.74, 6) is 1.30. The largest absolute Gasteiger partial charge is 0.366 e. The first-order valence-electron chi connectivity index (χ1n) is 8.73. The minimum Gasteiger partial charge on any atom is -0.366 e. The second-order valence-corrected chi connectivity index (χ2v) is 6.41. The number of anilines is 2. The Morgan fingerprint density at radius 2 is 1.73 bits per heavy atom. The molecule has 0 aliphatic carbocycles. The fourth-order valence-corrected chi connectivity index (χ4v) is 2.74. The van der Waals surface area contributed by atoms with Gasteiger partial charge in [-0.3, -0.25) is 0 Å². The van der Waals surface area contributed by atoms with Crippen molar-refractivity contribution in [2.45, 2.75) is 33.0 Å². The van der Waals surface area contributed by atoms with Crippen molar-refractivity contribution in [3.05, 3.63) is 83.9 Å². The average Bonchev–Trinajstić information content (AvgIpc) is 2.66. The molecule has 0 saturated carbocycles. The monoisotopic (exact) mass is 350 g/mol. The fraction of sp³-hybridized carbons (Fsp3) is 0.238. The van der Waals surface area contributed by atoms with Crippen molar-refractivity contribution >= 4 is 11.6 Å². The van der Waals surface area contributed by atoms with Crippen molar-refractivity contribution in [2.24, 2.45) is 0 Å². The molecule has 1 heterocycles. The molecule has 1 aromatic heterocycles. The minimum absolute atomic E-state index is 0.220. The summed E-state index contributed by atoms with van der Waals surface area (Å²) < 4.78 is 13.8. The summed E-state index contributed by atoms with van der Waals surface area (Å²) >= 11 is 0. The normalized spacial score (nSPS) is 10.8. The molecule has 4 nitrogen and oxygen atoms in total. The maximum atomic E-state index is 13.8. The van der Waals surface area contributed by atoms with E-state index < -0.39 is 0 Å². The third-order valence-corrected chi connectivity index (χ3v) is 4.18. The maximum absolute atomic E-state index is 13.8. The molecule has 0 saturated heterocycles. The van der Waals surface area contributed by atoms with Crippen LogP contribution in [0, 0.1) is 5.82 Å². The van der Waals surface area contributed by atoms with E-state index in [1.807, 2.05) is 30.3 Å². The van der Waals surface area contributed by atoms with E-state index in [1.54, 1.807) is 18.5 Å². The molecule has 2 aromatic carbocycles. The van der Waals surface area contributed by atoms with E-state index in [0.29, 0.717) is 17.9 Å². The van der Waals surface area contributed by atoms with Crippen molar-refractivity contribution < 1.29 is 4.39 Å². The Morgan fingerprint density at radius 1 is 1.00 bits per heavy atom. The fourth-order valence-electron chi connectivity index (χ4n) is 2.74. The first-order chi connectivity index (χ1) is 12.6. The van der Waals surface area contributed by atoms with Crippen LogP contribution in [-0.2, 0) is 13.1 Å². The summed E-state index contributed by atoms with van der Waals surface area (Å²) in [7, 11) is 0. The molecule has 0 atom stereocenters. The number of hydrogen-bond donors (Lipinski definition) is 1. The zero-order valence-corrected chi connectivity index (χ0v) is 15.1. The molecular weight excluding hydrogens is 327 g/mol. The lowest BCUT2D eigenvalue weighted by Crippen LogP contribution is -2.31. The number of nitrogens with zero attached hydrogens (tertiary/aromatic N) is 3. The zero-order valence-electron chi connectivity index (χ0n) is 15.1. The van der Waals surface area contributed by atoms with E-state index >= 15 is 0 Å². The van der Waals surface area contributed by atoms with Crippen LogP contribution in [-0.4, -0.2) is 16.0 Å². The topological polar surface area (TPSA) is 41.0 Å². The van der Waals surface area contributed by atoms with Crippen LogP contribution in [0.1, 0.15) is 25.0 Å². The van der Waals surface area contributed by atoms with Gasteiger partial charge in [-0.1, -0.05) is 48.5 Å². The Morgan fingerprint density at radius 3 is 2.46 bits per heavy atom. The molecule has 0 radical (unpaired) electrons. The van der Waals surface area contributed by atoms with Gasteiger partial charge in [-0.15, -0.1) is 0 Å². The van der Waals surface area contributed by atoms with Crippen LogP contribution in [0.15, 0.2) is 67.0 Å². The van der Waals surface area contributed by atoms with E-state index in [1.165, 1.54) is 11.6 Å². The predicted octanol–water partition coefficient (Wildman–Crippen LogP) is 4.64. The number of nitrogens with one attached hydrogen (secondary N) is 1. The summed E-state index contributed by atoms with van der Waals surface area (Å²) in [6.07, 6.45) is 1.54. The van der Waals surface area contributed by atoms with Crippen LogP contribution in [0.25, 0.3) is 0 Å². The molecule has 134 valence electrons. The van der Waals surface area contributed by atoms with Gasteiger partial charge in [-0.05, 0) is 25.5 Å². The lowest BCUT2D eigenvalue weighted by Gasteiger charge is -2.28. The first kappa shape index (κ1) is 17.9. The molecule has 3 rings (SSSR count). The predicted molar refractivity (Wildman–Crippen MR) is 104 cm³/mol. The quantitative estimate of drug-likeness (QED) is 0.674. The highest BCUT2D eigenvalue weighted by Crippen LogP contribution is 2.20. The van der Waals surface area contributed by atoms with Gasteiger partial charge in [-0.25, -0.2) is 14.4 Å². The number of aromatic nitrogens is 2. The zero-order chi connectivity index (χ0) is 18.4. The lowest BCUT2D eigenvalue weighted by atomic mass is 10.2. The standard InChI is InChI=1S/C21H23FN4/c1-16(2)26(14-17-8-4-3-5-9-17)21-12-20(24-15-25-21)23-13-18-10-6-7-11-19(18)22/h3-12,15-16H,13-14H2,1-2H3,(H,23,24,25). The Labute approximate surface area is 153 Å². The Balaban J connectivity index is 1.75. The van der Waals surface area contributed by atoms with Crippen molar-refractivity contribution in [1.82, 2.24) is 9.97 Å².